The van der Waals surface area contributed by atoms with Crippen LogP contribution in [0, 0.1) is 0 Å². The molecule has 0 saturated heterocycles. The van der Waals surface area contributed by atoms with Crippen molar-refractivity contribution in [2.45, 2.75) is 12.2 Å². The molecule has 0 spiro atoms. The van der Waals surface area contributed by atoms with E-state index >= 15 is 0 Å². The van der Waals surface area contributed by atoms with E-state index in [1.807, 2.05) is 6.07 Å². The molecule has 72 valence electrons. The highest BCUT2D eigenvalue weighted by Crippen LogP contribution is 2.15. The molecule has 0 aliphatic rings. The molecular formula is C11H11NS2. The molecule has 0 bridgehead atoms. The van der Waals surface area contributed by atoms with E-state index in [1.165, 1.54) is 10.6 Å². The van der Waals surface area contributed by atoms with Crippen LogP contribution in [0.15, 0.2) is 35.7 Å². The van der Waals surface area contributed by atoms with Crippen LogP contribution in [0.5, 0.6) is 0 Å². The molecule has 0 radical (unpaired) electrons. The van der Waals surface area contributed by atoms with Gasteiger partial charge < -0.3 is 0 Å². The lowest BCUT2D eigenvalue weighted by Gasteiger charge is -1.95. The zero-order chi connectivity index (χ0) is 9.80. The first-order valence-corrected chi connectivity index (χ1v) is 5.98. The van der Waals surface area contributed by atoms with E-state index in [4.69, 9.17) is 0 Å². The van der Waals surface area contributed by atoms with Crippen molar-refractivity contribution in [3.8, 4) is 0 Å². The highest BCUT2D eigenvalue weighted by atomic mass is 32.1. The van der Waals surface area contributed by atoms with Crippen LogP contribution in [0.3, 0.4) is 0 Å². The summed E-state index contributed by atoms with van der Waals surface area (Å²) < 4.78 is 0. The minimum absolute atomic E-state index is 0.727. The molecule has 1 nitrogen and oxygen atoms in total. The molecule has 1 heterocycles. The molecule has 2 aromatic rings. The smallest absolute Gasteiger partial charge is 0.0972 e. The summed E-state index contributed by atoms with van der Waals surface area (Å²) in [7, 11) is 0. The normalized spacial score (nSPS) is 10.4. The van der Waals surface area contributed by atoms with Gasteiger partial charge in [0.1, 0.15) is 0 Å². The van der Waals surface area contributed by atoms with Crippen molar-refractivity contribution in [2.24, 2.45) is 0 Å². The van der Waals surface area contributed by atoms with E-state index in [0.29, 0.717) is 0 Å². The molecule has 0 unspecified atom stereocenters. The van der Waals surface area contributed by atoms with Crippen LogP contribution < -0.4 is 0 Å². The lowest BCUT2D eigenvalue weighted by atomic mass is 10.2. The molecule has 0 fully saturated rings. The predicted octanol–water partition coefficient (Wildman–Crippen LogP) is 3.16. The molecule has 14 heavy (non-hydrogen) atoms. The molecular weight excluding hydrogens is 210 g/mol. The number of thiazole rings is 1. The number of benzene rings is 1. The molecule has 2 rings (SSSR count). The lowest BCUT2D eigenvalue weighted by molar-refractivity contribution is 1.10. The summed E-state index contributed by atoms with van der Waals surface area (Å²) in [6, 6.07) is 10.4. The Kier molecular flexibility index (Phi) is 3.22. The average molecular weight is 221 g/mol. The molecule has 0 aliphatic carbocycles. The third kappa shape index (κ3) is 2.36. The fourth-order valence-electron chi connectivity index (χ4n) is 1.27. The quantitative estimate of drug-likeness (QED) is 0.786. The van der Waals surface area contributed by atoms with Gasteiger partial charge in [-0.1, -0.05) is 30.3 Å². The fraction of sp³-hybridized carbons (Fsp3) is 0.182. The highest BCUT2D eigenvalue weighted by molar-refractivity contribution is 7.79. The van der Waals surface area contributed by atoms with E-state index in [9.17, 15) is 0 Å². The minimum Gasteiger partial charge on any atom is -0.245 e. The summed E-state index contributed by atoms with van der Waals surface area (Å²) in [5.41, 5.74) is 2.39. The van der Waals surface area contributed by atoms with E-state index < -0.39 is 0 Å². The number of rotatable bonds is 3. The Hall–Kier alpha value is -0.800. The summed E-state index contributed by atoms with van der Waals surface area (Å²) in [6.45, 7) is 0. The van der Waals surface area contributed by atoms with Crippen LogP contribution in [-0.2, 0) is 12.2 Å². The Morgan fingerprint density at radius 2 is 2.00 bits per heavy atom. The van der Waals surface area contributed by atoms with E-state index in [-0.39, 0.29) is 0 Å². The van der Waals surface area contributed by atoms with Crippen molar-refractivity contribution < 1.29 is 0 Å². The summed E-state index contributed by atoms with van der Waals surface area (Å²) in [5.74, 6) is 0.727. The van der Waals surface area contributed by atoms with Crippen LogP contribution in [0.1, 0.15) is 16.3 Å². The first kappa shape index (κ1) is 9.74. The van der Waals surface area contributed by atoms with Gasteiger partial charge in [0, 0.05) is 17.6 Å². The van der Waals surface area contributed by atoms with Gasteiger partial charge in [0.25, 0.3) is 0 Å². The molecule has 1 aromatic carbocycles. The Morgan fingerprint density at radius 1 is 1.21 bits per heavy atom. The van der Waals surface area contributed by atoms with Crippen molar-refractivity contribution in [3.05, 3.63) is 52.0 Å². The predicted molar refractivity (Wildman–Crippen MR) is 64.1 cm³/mol. The average Bonchev–Trinajstić information content (AvgIpc) is 2.67. The third-order valence-corrected chi connectivity index (χ3v) is 3.18. The molecule has 0 N–H and O–H groups in total. The Morgan fingerprint density at radius 3 is 2.64 bits per heavy atom. The van der Waals surface area contributed by atoms with Crippen molar-refractivity contribution in [1.82, 2.24) is 4.98 Å². The van der Waals surface area contributed by atoms with Gasteiger partial charge >= 0.3 is 0 Å². The molecule has 0 amide bonds. The summed E-state index contributed by atoms with van der Waals surface area (Å²) in [6.07, 6.45) is 0.930. The molecule has 1 aromatic heterocycles. The molecule has 0 aliphatic heterocycles. The topological polar surface area (TPSA) is 12.9 Å². The number of hydrogen-bond donors (Lipinski definition) is 1. The second-order valence-electron chi connectivity index (χ2n) is 3.05. The third-order valence-electron chi connectivity index (χ3n) is 1.96. The number of nitrogens with zero attached hydrogens (tertiary/aromatic N) is 1. The first-order chi connectivity index (χ1) is 6.88. The Bertz CT molecular complexity index is 395. The molecule has 0 atom stereocenters. The van der Waals surface area contributed by atoms with Crippen LogP contribution in [0.2, 0.25) is 0 Å². The van der Waals surface area contributed by atoms with Crippen molar-refractivity contribution in [2.75, 3.05) is 0 Å². The highest BCUT2D eigenvalue weighted by Gasteiger charge is 2.01. The SMILES string of the molecule is SCc1csc(Cc2ccccc2)n1. The second kappa shape index (κ2) is 4.62. The first-order valence-electron chi connectivity index (χ1n) is 4.46. The van der Waals surface area contributed by atoms with Crippen LogP contribution in [-0.4, -0.2) is 4.98 Å². The fourth-order valence-corrected chi connectivity index (χ4v) is 2.39. The van der Waals surface area contributed by atoms with Crippen molar-refractivity contribution in [1.29, 1.82) is 0 Å². The Balaban J connectivity index is 2.11. The summed E-state index contributed by atoms with van der Waals surface area (Å²) >= 11 is 5.90. The molecule has 3 heteroatoms. The van der Waals surface area contributed by atoms with Crippen LogP contribution in [0.4, 0.5) is 0 Å². The standard InChI is InChI=1S/C11H11NS2/c13-7-10-8-14-11(12-10)6-9-4-2-1-3-5-9/h1-5,8,13H,6-7H2. The van der Waals surface area contributed by atoms with Gasteiger partial charge in [-0.2, -0.15) is 12.6 Å². The summed E-state index contributed by atoms with van der Waals surface area (Å²) in [4.78, 5) is 4.47. The van der Waals surface area contributed by atoms with E-state index in [2.05, 4.69) is 47.3 Å². The van der Waals surface area contributed by atoms with Gasteiger partial charge in [0.15, 0.2) is 0 Å². The lowest BCUT2D eigenvalue weighted by Crippen LogP contribution is -1.87. The monoisotopic (exact) mass is 221 g/mol. The maximum absolute atomic E-state index is 4.47. The maximum Gasteiger partial charge on any atom is 0.0972 e. The zero-order valence-electron chi connectivity index (χ0n) is 7.68. The minimum atomic E-state index is 0.727. The van der Waals surface area contributed by atoms with Crippen LogP contribution >= 0.6 is 24.0 Å². The van der Waals surface area contributed by atoms with Crippen molar-refractivity contribution in [3.63, 3.8) is 0 Å². The zero-order valence-corrected chi connectivity index (χ0v) is 9.39. The number of aromatic nitrogens is 1. The van der Waals surface area contributed by atoms with Crippen molar-refractivity contribution >= 4 is 24.0 Å². The second-order valence-corrected chi connectivity index (χ2v) is 4.31. The summed E-state index contributed by atoms with van der Waals surface area (Å²) in [5, 5.41) is 3.24. The molecule has 0 saturated carbocycles. The van der Waals surface area contributed by atoms with Gasteiger partial charge in [0.05, 0.1) is 10.7 Å². The van der Waals surface area contributed by atoms with Gasteiger partial charge in [-0.05, 0) is 5.56 Å². The van der Waals surface area contributed by atoms with Gasteiger partial charge in [0.2, 0.25) is 0 Å². The number of hydrogen-bond acceptors (Lipinski definition) is 3. The van der Waals surface area contributed by atoms with E-state index in [1.54, 1.807) is 11.3 Å². The Labute approximate surface area is 93.2 Å². The van der Waals surface area contributed by atoms with E-state index in [0.717, 1.165) is 17.9 Å². The largest absolute Gasteiger partial charge is 0.245 e. The maximum atomic E-state index is 4.47. The van der Waals surface area contributed by atoms with Gasteiger partial charge in [-0.3, -0.25) is 0 Å². The van der Waals surface area contributed by atoms with Gasteiger partial charge in [-0.25, -0.2) is 4.98 Å². The van der Waals surface area contributed by atoms with Gasteiger partial charge in [-0.15, -0.1) is 11.3 Å². The van der Waals surface area contributed by atoms with Crippen LogP contribution in [0.25, 0.3) is 0 Å². The number of thiol groups is 1.